The number of ether oxygens (including phenoxy) is 1. The van der Waals surface area contributed by atoms with Gasteiger partial charge in [0.25, 0.3) is 0 Å². The maximum atomic E-state index is 10.4. The van der Waals surface area contributed by atoms with Crippen molar-refractivity contribution in [3.63, 3.8) is 0 Å². The third kappa shape index (κ3) is 9.52. The summed E-state index contributed by atoms with van der Waals surface area (Å²) in [6.07, 6.45) is 6.93. The fourth-order valence-electron chi connectivity index (χ4n) is 3.49. The molecule has 0 bridgehead atoms. The van der Waals surface area contributed by atoms with Crippen LogP contribution in [0.25, 0.3) is 0 Å². The summed E-state index contributed by atoms with van der Waals surface area (Å²) in [7, 11) is 0. The molecule has 160 valence electrons. The van der Waals surface area contributed by atoms with Crippen molar-refractivity contribution in [2.24, 2.45) is 11.8 Å². The van der Waals surface area contributed by atoms with Gasteiger partial charge in [-0.15, -0.1) is 0 Å². The van der Waals surface area contributed by atoms with Crippen LogP contribution in [0, 0.1) is 11.8 Å². The summed E-state index contributed by atoms with van der Waals surface area (Å²) in [5.74, 6) is -0.947. The van der Waals surface area contributed by atoms with E-state index in [4.69, 9.17) is 16.3 Å². The van der Waals surface area contributed by atoms with Gasteiger partial charge in [-0.05, 0) is 49.8 Å². The Labute approximate surface area is 204 Å². The summed E-state index contributed by atoms with van der Waals surface area (Å²) < 4.78 is 5.50. The first-order chi connectivity index (χ1) is 13.9. The van der Waals surface area contributed by atoms with E-state index in [1.165, 1.54) is 0 Å². The van der Waals surface area contributed by atoms with Crippen LogP contribution in [0.3, 0.4) is 0 Å². The maximum Gasteiger partial charge on any atom is 1.00 e. The Morgan fingerprint density at radius 2 is 2.07 bits per heavy atom. The van der Waals surface area contributed by atoms with E-state index in [1.807, 2.05) is 12.2 Å². The SMILES string of the molecule is O=C([O-])CCCC=CC[C@H]1[C@H](/C=C/[C@@H](O)COc2cccc(Cl)c2)[C@@H](O)C[C@H]1O.[Na+]. The summed E-state index contributed by atoms with van der Waals surface area (Å²) in [6, 6.07) is 6.89. The number of aliphatic hydroxyl groups is 3. The number of rotatable bonds is 11. The van der Waals surface area contributed by atoms with Crippen LogP contribution in [0.15, 0.2) is 48.6 Å². The average Bonchev–Trinajstić information content (AvgIpc) is 2.93. The van der Waals surface area contributed by atoms with Gasteiger partial charge in [-0.3, -0.25) is 0 Å². The smallest absolute Gasteiger partial charge is 0.550 e. The number of allylic oxidation sites excluding steroid dienone is 2. The van der Waals surface area contributed by atoms with Crippen molar-refractivity contribution in [1.29, 1.82) is 0 Å². The summed E-state index contributed by atoms with van der Waals surface area (Å²) in [4.78, 5) is 10.4. The molecule has 0 aromatic heterocycles. The van der Waals surface area contributed by atoms with Crippen molar-refractivity contribution < 1.29 is 59.5 Å². The first-order valence-corrected chi connectivity index (χ1v) is 10.2. The number of benzene rings is 1. The number of carboxylic acids is 1. The molecule has 5 atom stereocenters. The van der Waals surface area contributed by atoms with Gasteiger partial charge >= 0.3 is 29.6 Å². The van der Waals surface area contributed by atoms with Crippen LogP contribution in [-0.2, 0) is 4.79 Å². The average molecular weight is 447 g/mol. The fourth-order valence-corrected chi connectivity index (χ4v) is 3.67. The molecule has 1 aromatic carbocycles. The van der Waals surface area contributed by atoms with Gasteiger partial charge < -0.3 is 30.0 Å². The zero-order valence-electron chi connectivity index (χ0n) is 17.2. The Hall–Kier alpha value is -0.860. The Kier molecular flexibility index (Phi) is 12.9. The molecular weight excluding hydrogens is 419 g/mol. The van der Waals surface area contributed by atoms with Crippen molar-refractivity contribution >= 4 is 17.6 Å². The Balaban J connectivity index is 0.00000450. The predicted molar refractivity (Wildman–Crippen MR) is 108 cm³/mol. The topological polar surface area (TPSA) is 110 Å². The van der Waals surface area contributed by atoms with Gasteiger partial charge in [-0.2, -0.15) is 0 Å². The van der Waals surface area contributed by atoms with Crippen molar-refractivity contribution in [2.75, 3.05) is 6.61 Å². The molecule has 0 radical (unpaired) electrons. The van der Waals surface area contributed by atoms with Crippen LogP contribution in [0.4, 0.5) is 0 Å². The van der Waals surface area contributed by atoms with Gasteiger partial charge in [-0.25, -0.2) is 0 Å². The first-order valence-electron chi connectivity index (χ1n) is 9.82. The third-order valence-electron chi connectivity index (χ3n) is 5.01. The minimum atomic E-state index is -1.06. The van der Waals surface area contributed by atoms with Crippen LogP contribution in [-0.4, -0.2) is 46.2 Å². The molecule has 0 heterocycles. The number of unbranched alkanes of at least 4 members (excludes halogenated alkanes) is 1. The van der Waals surface area contributed by atoms with E-state index in [0.29, 0.717) is 30.0 Å². The van der Waals surface area contributed by atoms with Crippen molar-refractivity contribution in [3.05, 3.63) is 53.6 Å². The van der Waals surface area contributed by atoms with Crippen LogP contribution in [0.5, 0.6) is 5.75 Å². The van der Waals surface area contributed by atoms with Gasteiger partial charge in [0.2, 0.25) is 0 Å². The van der Waals surface area contributed by atoms with Crippen LogP contribution in [0.2, 0.25) is 5.02 Å². The van der Waals surface area contributed by atoms with E-state index in [0.717, 1.165) is 0 Å². The molecule has 0 amide bonds. The van der Waals surface area contributed by atoms with Gasteiger partial charge in [-0.1, -0.05) is 42.0 Å². The number of carbonyl (C=O) groups excluding carboxylic acids is 1. The second kappa shape index (κ2) is 14.2. The number of carboxylic acid groups (broad SMARTS) is 1. The molecule has 30 heavy (non-hydrogen) atoms. The van der Waals surface area contributed by atoms with Gasteiger partial charge in [0, 0.05) is 23.3 Å². The van der Waals surface area contributed by atoms with Gasteiger partial charge in [0.15, 0.2) is 0 Å². The number of aliphatic carboxylic acids is 1. The number of aliphatic hydroxyl groups excluding tert-OH is 3. The molecule has 8 heteroatoms. The molecule has 6 nitrogen and oxygen atoms in total. The van der Waals surface area contributed by atoms with E-state index in [2.05, 4.69) is 0 Å². The summed E-state index contributed by atoms with van der Waals surface area (Å²) in [6.45, 7) is 0.0468. The molecule has 2 rings (SSSR count). The second-order valence-corrected chi connectivity index (χ2v) is 7.74. The maximum absolute atomic E-state index is 10.4. The molecule has 0 saturated heterocycles. The molecule has 1 saturated carbocycles. The summed E-state index contributed by atoms with van der Waals surface area (Å²) >= 11 is 5.89. The summed E-state index contributed by atoms with van der Waals surface area (Å²) in [5, 5.41) is 41.6. The Morgan fingerprint density at radius 3 is 2.77 bits per heavy atom. The van der Waals surface area contributed by atoms with E-state index >= 15 is 0 Å². The quantitative estimate of drug-likeness (QED) is 0.225. The molecule has 1 aliphatic carbocycles. The van der Waals surface area contributed by atoms with E-state index in [-0.39, 0.29) is 60.8 Å². The largest absolute Gasteiger partial charge is 1.00 e. The number of hydrogen-bond acceptors (Lipinski definition) is 6. The molecular formula is C22H28ClNaO6. The van der Waals surface area contributed by atoms with Crippen molar-refractivity contribution in [1.82, 2.24) is 0 Å². The van der Waals surface area contributed by atoms with E-state index in [1.54, 1.807) is 36.4 Å². The molecule has 0 unspecified atom stereocenters. The first kappa shape index (κ1) is 27.2. The molecule has 0 aliphatic heterocycles. The monoisotopic (exact) mass is 446 g/mol. The molecule has 1 aliphatic rings. The van der Waals surface area contributed by atoms with Gasteiger partial charge in [0.1, 0.15) is 18.5 Å². The van der Waals surface area contributed by atoms with Crippen molar-refractivity contribution in [3.8, 4) is 5.75 Å². The van der Waals surface area contributed by atoms with Crippen LogP contribution < -0.4 is 39.4 Å². The molecule has 1 fully saturated rings. The molecule has 0 spiro atoms. The Bertz CT molecular complexity index is 711. The zero-order chi connectivity index (χ0) is 21.2. The number of carbonyl (C=O) groups is 1. The van der Waals surface area contributed by atoms with E-state index < -0.39 is 24.3 Å². The van der Waals surface area contributed by atoms with Gasteiger partial charge in [0.05, 0.1) is 12.2 Å². The normalized spacial score (nSPS) is 24.8. The fraction of sp³-hybridized carbons (Fsp3) is 0.500. The Morgan fingerprint density at radius 1 is 1.30 bits per heavy atom. The van der Waals surface area contributed by atoms with Crippen LogP contribution >= 0.6 is 11.6 Å². The second-order valence-electron chi connectivity index (χ2n) is 7.30. The zero-order valence-corrected chi connectivity index (χ0v) is 19.9. The molecule has 1 aromatic rings. The number of halogens is 1. The molecule has 3 N–H and O–H groups in total. The minimum Gasteiger partial charge on any atom is -0.550 e. The van der Waals surface area contributed by atoms with E-state index in [9.17, 15) is 25.2 Å². The predicted octanol–water partition coefficient (Wildman–Crippen LogP) is -1.14. The summed E-state index contributed by atoms with van der Waals surface area (Å²) in [5.41, 5.74) is 0. The minimum absolute atomic E-state index is 0. The third-order valence-corrected chi connectivity index (χ3v) is 5.25. The van der Waals surface area contributed by atoms with Crippen molar-refractivity contribution in [2.45, 2.75) is 50.4 Å². The number of hydrogen-bond donors (Lipinski definition) is 3. The van der Waals surface area contributed by atoms with Crippen LogP contribution in [0.1, 0.15) is 32.1 Å². The standard InChI is InChI=1S/C22H29ClO6.Na/c23-15-6-5-7-17(12-15)29-14-16(24)10-11-19-18(20(25)13-21(19)26)8-3-1-2-4-9-22(27)28;/h1,3,5-7,10-12,16,18-21,24-26H,2,4,8-9,13-14H2,(H,27,28);/q;+1/p-1/b3-1?,11-10+;/t16-,18+,19+,20-,21+;/m1./s1.